The van der Waals surface area contributed by atoms with E-state index in [0.29, 0.717) is 6.07 Å². The Bertz CT molecular complexity index is 765. The lowest BCUT2D eigenvalue weighted by Gasteiger charge is -2.18. The molecule has 8 nitrogen and oxygen atoms in total. The summed E-state index contributed by atoms with van der Waals surface area (Å²) in [4.78, 5) is 19.9. The molecule has 12 heteroatoms. The molecule has 1 rings (SSSR count). The molecule has 1 aromatic rings. The van der Waals surface area contributed by atoms with Crippen molar-refractivity contribution in [2.45, 2.75) is 23.9 Å². The van der Waals surface area contributed by atoms with Crippen LogP contribution in [0.3, 0.4) is 0 Å². The maximum absolute atomic E-state index is 13.0. The van der Waals surface area contributed by atoms with Crippen LogP contribution in [0.5, 0.6) is 0 Å². The van der Waals surface area contributed by atoms with Crippen LogP contribution in [0, 0.1) is 10.1 Å². The normalized spacial score (nSPS) is 12.2. The summed E-state index contributed by atoms with van der Waals surface area (Å²) < 4.78 is 64.3. The SMILES string of the molecule is CNC(=O)CCCN(C)S(=O)(=O)c1ccc([N+](=O)[O-])c(C(F)(F)F)c1. The molecule has 0 heterocycles. The first kappa shape index (κ1) is 20.8. The summed E-state index contributed by atoms with van der Waals surface area (Å²) >= 11 is 0. The van der Waals surface area contributed by atoms with Gasteiger partial charge < -0.3 is 5.32 Å². The standard InChI is InChI=1S/C13H16F3N3O5S/c1-17-12(20)4-3-7-18(2)25(23,24)9-5-6-11(19(21)22)10(8-9)13(14,15)16/h5-6,8H,3-4,7H2,1-2H3,(H,17,20). The minimum absolute atomic E-state index is 0.0461. The zero-order valence-electron chi connectivity index (χ0n) is 13.3. The molecular weight excluding hydrogens is 367 g/mol. The van der Waals surface area contributed by atoms with E-state index in [1.54, 1.807) is 0 Å². The first-order valence-corrected chi connectivity index (χ1v) is 8.37. The molecule has 0 unspecified atom stereocenters. The zero-order valence-corrected chi connectivity index (χ0v) is 14.1. The number of benzene rings is 1. The molecule has 0 aromatic heterocycles. The van der Waals surface area contributed by atoms with Crippen LogP contribution in [0.2, 0.25) is 0 Å². The molecule has 140 valence electrons. The van der Waals surface area contributed by atoms with Crippen LogP contribution in [0.1, 0.15) is 18.4 Å². The Balaban J connectivity index is 3.13. The fourth-order valence-corrected chi connectivity index (χ4v) is 3.19. The second kappa shape index (κ2) is 7.78. The van der Waals surface area contributed by atoms with Gasteiger partial charge in [-0.25, -0.2) is 12.7 Å². The molecule has 0 saturated heterocycles. The first-order chi connectivity index (χ1) is 11.4. The van der Waals surface area contributed by atoms with Gasteiger partial charge in [-0.15, -0.1) is 0 Å². The van der Waals surface area contributed by atoms with Crippen LogP contribution in [0.25, 0.3) is 0 Å². The molecule has 1 amide bonds. The number of hydrogen-bond acceptors (Lipinski definition) is 5. The summed E-state index contributed by atoms with van der Waals surface area (Å²) in [5.41, 5.74) is -2.87. The number of nitro benzene ring substituents is 1. The van der Waals surface area contributed by atoms with E-state index in [4.69, 9.17) is 0 Å². The number of hydrogen-bond donors (Lipinski definition) is 1. The molecular formula is C13H16F3N3O5S. The number of nitrogens with one attached hydrogen (secondary N) is 1. The molecule has 0 saturated carbocycles. The average molecular weight is 383 g/mol. The molecule has 0 spiro atoms. The molecule has 0 bridgehead atoms. The number of amides is 1. The largest absolute Gasteiger partial charge is 0.423 e. The zero-order chi connectivity index (χ0) is 19.4. The predicted octanol–water partition coefficient (Wildman–Crippen LogP) is 1.76. The van der Waals surface area contributed by atoms with Crippen LogP contribution in [-0.4, -0.2) is 44.2 Å². The van der Waals surface area contributed by atoms with Crippen LogP contribution in [0.15, 0.2) is 23.1 Å². The minimum Gasteiger partial charge on any atom is -0.359 e. The van der Waals surface area contributed by atoms with Gasteiger partial charge in [-0.2, -0.15) is 13.2 Å². The smallest absolute Gasteiger partial charge is 0.359 e. The quantitative estimate of drug-likeness (QED) is 0.570. The van der Waals surface area contributed by atoms with Gasteiger partial charge in [-0.1, -0.05) is 0 Å². The van der Waals surface area contributed by atoms with Crippen molar-refractivity contribution in [2.75, 3.05) is 20.6 Å². The van der Waals surface area contributed by atoms with Crippen LogP contribution < -0.4 is 5.32 Å². The van der Waals surface area contributed by atoms with Crippen molar-refractivity contribution >= 4 is 21.6 Å². The van der Waals surface area contributed by atoms with E-state index in [1.165, 1.54) is 7.05 Å². The van der Waals surface area contributed by atoms with Crippen molar-refractivity contribution in [1.29, 1.82) is 0 Å². The maximum atomic E-state index is 13.0. The van der Waals surface area contributed by atoms with Gasteiger partial charge in [0.05, 0.1) is 9.82 Å². The Morgan fingerprint density at radius 2 is 1.96 bits per heavy atom. The number of carbonyl (C=O) groups excluding carboxylic acids is 1. The number of sulfonamides is 1. The van der Waals surface area contributed by atoms with Crippen molar-refractivity contribution in [2.24, 2.45) is 0 Å². The maximum Gasteiger partial charge on any atom is 0.423 e. The van der Waals surface area contributed by atoms with Crippen molar-refractivity contribution in [3.63, 3.8) is 0 Å². The molecule has 0 atom stereocenters. The van der Waals surface area contributed by atoms with Crippen molar-refractivity contribution in [3.8, 4) is 0 Å². The molecule has 25 heavy (non-hydrogen) atoms. The van der Waals surface area contributed by atoms with E-state index in [9.17, 15) is 36.5 Å². The monoisotopic (exact) mass is 383 g/mol. The van der Waals surface area contributed by atoms with E-state index >= 15 is 0 Å². The van der Waals surface area contributed by atoms with Crippen LogP contribution in [-0.2, 0) is 21.0 Å². The highest BCUT2D eigenvalue weighted by Crippen LogP contribution is 2.37. The third kappa shape index (κ3) is 5.13. The van der Waals surface area contributed by atoms with Crippen LogP contribution >= 0.6 is 0 Å². The summed E-state index contributed by atoms with van der Waals surface area (Å²) in [5, 5.41) is 13.1. The molecule has 1 aromatic carbocycles. The second-order valence-corrected chi connectivity index (χ2v) is 7.08. The van der Waals surface area contributed by atoms with Gasteiger partial charge in [0.1, 0.15) is 5.56 Å². The molecule has 1 N–H and O–H groups in total. The number of nitro groups is 1. The summed E-state index contributed by atoms with van der Waals surface area (Å²) in [6.45, 7) is -0.103. The van der Waals surface area contributed by atoms with Gasteiger partial charge in [0.2, 0.25) is 15.9 Å². The molecule has 0 aliphatic heterocycles. The van der Waals surface area contributed by atoms with Gasteiger partial charge in [-0.3, -0.25) is 14.9 Å². The Labute approximate surface area is 141 Å². The summed E-state index contributed by atoms with van der Waals surface area (Å²) in [6, 6.07) is 1.49. The fraction of sp³-hybridized carbons (Fsp3) is 0.462. The fourth-order valence-electron chi connectivity index (χ4n) is 1.95. The first-order valence-electron chi connectivity index (χ1n) is 6.93. The Morgan fingerprint density at radius 1 is 1.36 bits per heavy atom. The lowest BCUT2D eigenvalue weighted by molar-refractivity contribution is -0.388. The van der Waals surface area contributed by atoms with E-state index in [2.05, 4.69) is 5.32 Å². The number of rotatable bonds is 7. The lowest BCUT2D eigenvalue weighted by atomic mass is 10.2. The molecule has 0 aliphatic carbocycles. The van der Waals surface area contributed by atoms with Gasteiger partial charge in [0.25, 0.3) is 5.69 Å². The second-order valence-electron chi connectivity index (χ2n) is 5.04. The number of halogens is 3. The van der Waals surface area contributed by atoms with Gasteiger partial charge in [-0.05, 0) is 18.6 Å². The Kier molecular flexibility index (Phi) is 6.48. The van der Waals surface area contributed by atoms with E-state index < -0.39 is 37.3 Å². The molecule has 0 aliphatic rings. The molecule has 0 radical (unpaired) electrons. The molecule has 0 fully saturated rings. The summed E-state index contributed by atoms with van der Waals surface area (Å²) in [5.74, 6) is -0.305. The Morgan fingerprint density at radius 3 is 2.44 bits per heavy atom. The van der Waals surface area contributed by atoms with Gasteiger partial charge in [0, 0.05) is 33.1 Å². The van der Waals surface area contributed by atoms with Crippen molar-refractivity contribution in [3.05, 3.63) is 33.9 Å². The van der Waals surface area contributed by atoms with Crippen molar-refractivity contribution < 1.29 is 31.3 Å². The van der Waals surface area contributed by atoms with Crippen molar-refractivity contribution in [1.82, 2.24) is 9.62 Å². The van der Waals surface area contributed by atoms with E-state index in [0.717, 1.165) is 17.4 Å². The third-order valence-corrected chi connectivity index (χ3v) is 5.19. The third-order valence-electron chi connectivity index (χ3n) is 3.33. The highest BCUT2D eigenvalue weighted by Gasteiger charge is 2.39. The Hall–Kier alpha value is -2.21. The highest BCUT2D eigenvalue weighted by atomic mass is 32.2. The summed E-state index contributed by atoms with van der Waals surface area (Å²) in [7, 11) is -1.73. The van der Waals surface area contributed by atoms with Crippen LogP contribution in [0.4, 0.5) is 18.9 Å². The van der Waals surface area contributed by atoms with Gasteiger partial charge >= 0.3 is 6.18 Å². The minimum atomic E-state index is -5.08. The lowest BCUT2D eigenvalue weighted by Crippen LogP contribution is -2.29. The van der Waals surface area contributed by atoms with E-state index in [-0.39, 0.29) is 31.4 Å². The summed E-state index contributed by atoms with van der Waals surface area (Å²) in [6.07, 6.45) is -4.87. The average Bonchev–Trinajstić information content (AvgIpc) is 2.52. The topological polar surface area (TPSA) is 110 Å². The number of alkyl halides is 3. The predicted molar refractivity (Wildman–Crippen MR) is 81.2 cm³/mol. The number of carbonyl (C=O) groups is 1. The van der Waals surface area contributed by atoms with E-state index in [1.807, 2.05) is 0 Å². The highest BCUT2D eigenvalue weighted by molar-refractivity contribution is 7.89. The van der Waals surface area contributed by atoms with Gasteiger partial charge in [0.15, 0.2) is 0 Å². The number of nitrogens with zero attached hydrogens (tertiary/aromatic N) is 2.